The topological polar surface area (TPSA) is 83.8 Å². The van der Waals surface area contributed by atoms with Gasteiger partial charge in [-0.05, 0) is 31.5 Å². The van der Waals surface area contributed by atoms with E-state index in [1.54, 1.807) is 30.3 Å². The van der Waals surface area contributed by atoms with E-state index >= 15 is 0 Å². The van der Waals surface area contributed by atoms with Crippen molar-refractivity contribution in [1.29, 1.82) is 0 Å². The van der Waals surface area contributed by atoms with E-state index in [-0.39, 0.29) is 10.6 Å². The molecule has 0 atom stereocenters. The lowest BCUT2D eigenvalue weighted by Crippen LogP contribution is -2.35. The summed E-state index contributed by atoms with van der Waals surface area (Å²) in [5.41, 5.74) is 1.61. The van der Waals surface area contributed by atoms with Gasteiger partial charge in [-0.1, -0.05) is 29.3 Å². The third-order valence-electron chi connectivity index (χ3n) is 4.60. The molecule has 9 heteroatoms. The number of nitrogens with zero attached hydrogens (tertiary/aromatic N) is 3. The highest BCUT2D eigenvalue weighted by molar-refractivity contribution is 7.89. The lowest BCUT2D eigenvalue weighted by Gasteiger charge is -2.24. The van der Waals surface area contributed by atoms with Crippen LogP contribution in [0.1, 0.15) is 12.0 Å². The van der Waals surface area contributed by atoms with Crippen LogP contribution in [0.3, 0.4) is 0 Å². The Labute approximate surface area is 163 Å². The number of hydrogen-bond acceptors (Lipinski definition) is 5. The van der Waals surface area contributed by atoms with Crippen LogP contribution in [-0.4, -0.2) is 43.8 Å². The second kappa shape index (κ2) is 7.84. The number of nitro groups is 1. The molecule has 0 aromatic heterocycles. The minimum absolute atomic E-state index is 0.0675. The number of anilines is 1. The van der Waals surface area contributed by atoms with Gasteiger partial charge in [-0.2, -0.15) is 4.31 Å². The summed E-state index contributed by atoms with van der Waals surface area (Å²) in [5, 5.41) is 11.2. The molecular weight excluding hydrogens is 390 g/mol. The van der Waals surface area contributed by atoms with Crippen LogP contribution < -0.4 is 4.90 Å². The summed E-state index contributed by atoms with van der Waals surface area (Å²) in [6, 6.07) is 11.2. The number of hydrogen-bond donors (Lipinski definition) is 0. The van der Waals surface area contributed by atoms with E-state index in [0.717, 1.165) is 5.56 Å². The molecule has 0 saturated carbocycles. The molecule has 0 N–H and O–H groups in total. The van der Waals surface area contributed by atoms with Crippen molar-refractivity contribution in [3.8, 4) is 0 Å². The van der Waals surface area contributed by atoms with E-state index in [9.17, 15) is 18.5 Å². The van der Waals surface area contributed by atoms with Gasteiger partial charge < -0.3 is 4.90 Å². The van der Waals surface area contributed by atoms with Crippen LogP contribution in [0, 0.1) is 17.0 Å². The first-order valence-electron chi connectivity index (χ1n) is 8.55. The van der Waals surface area contributed by atoms with Gasteiger partial charge in [0.2, 0.25) is 10.0 Å². The molecule has 144 valence electrons. The quantitative estimate of drug-likeness (QED) is 0.570. The molecule has 2 aromatic rings. The summed E-state index contributed by atoms with van der Waals surface area (Å²) in [6.07, 6.45) is 0.637. The molecule has 0 bridgehead atoms. The summed E-state index contributed by atoms with van der Waals surface area (Å²) < 4.78 is 27.3. The molecule has 1 saturated heterocycles. The molecule has 0 unspecified atom stereocenters. The molecule has 1 fully saturated rings. The van der Waals surface area contributed by atoms with Crippen LogP contribution in [0.25, 0.3) is 0 Å². The molecule has 27 heavy (non-hydrogen) atoms. The Balaban J connectivity index is 1.77. The van der Waals surface area contributed by atoms with Crippen molar-refractivity contribution in [1.82, 2.24) is 4.31 Å². The van der Waals surface area contributed by atoms with E-state index in [1.807, 2.05) is 11.8 Å². The highest BCUT2D eigenvalue weighted by Gasteiger charge is 2.27. The van der Waals surface area contributed by atoms with Crippen molar-refractivity contribution in [2.24, 2.45) is 0 Å². The number of nitro benzene ring substituents is 1. The predicted molar refractivity (Wildman–Crippen MR) is 105 cm³/mol. The zero-order chi connectivity index (χ0) is 19.6. The molecule has 0 aliphatic carbocycles. The van der Waals surface area contributed by atoms with Crippen LogP contribution in [0.15, 0.2) is 47.4 Å². The predicted octanol–water partition coefficient (Wildman–Crippen LogP) is 3.46. The average molecular weight is 410 g/mol. The van der Waals surface area contributed by atoms with Crippen molar-refractivity contribution in [2.45, 2.75) is 18.2 Å². The van der Waals surface area contributed by atoms with E-state index in [0.29, 0.717) is 43.3 Å². The molecule has 0 amide bonds. The minimum Gasteiger partial charge on any atom is -0.369 e. The summed E-state index contributed by atoms with van der Waals surface area (Å²) in [5.74, 6) is 0. The number of rotatable bonds is 4. The Hall–Kier alpha value is -2.16. The van der Waals surface area contributed by atoms with E-state index in [1.165, 1.54) is 16.4 Å². The standard InChI is InChI=1S/C18H20ClN3O4S/c1-14-3-6-16(7-4-14)27(25,26)21-10-2-9-20(11-12-21)18-8-5-15(22(23)24)13-17(18)19/h3-8,13H,2,9-12H2,1H3. The maximum absolute atomic E-state index is 12.9. The monoisotopic (exact) mass is 409 g/mol. The molecule has 0 radical (unpaired) electrons. The Kier molecular flexibility index (Phi) is 5.69. The number of non-ortho nitro benzene ring substituents is 1. The first-order chi connectivity index (χ1) is 12.8. The van der Waals surface area contributed by atoms with Gasteiger partial charge in [-0.3, -0.25) is 10.1 Å². The summed E-state index contributed by atoms with van der Waals surface area (Å²) >= 11 is 6.22. The number of halogens is 1. The third-order valence-corrected chi connectivity index (χ3v) is 6.81. The second-order valence-electron chi connectivity index (χ2n) is 6.45. The number of sulfonamides is 1. The summed E-state index contributed by atoms with van der Waals surface area (Å²) in [6.45, 7) is 3.73. The van der Waals surface area contributed by atoms with E-state index < -0.39 is 14.9 Å². The van der Waals surface area contributed by atoms with Crippen molar-refractivity contribution in [3.05, 3.63) is 63.2 Å². The average Bonchev–Trinajstić information content (AvgIpc) is 2.88. The lowest BCUT2D eigenvalue weighted by molar-refractivity contribution is -0.384. The fourth-order valence-corrected chi connectivity index (χ4v) is 4.86. The second-order valence-corrected chi connectivity index (χ2v) is 8.80. The highest BCUT2D eigenvalue weighted by atomic mass is 35.5. The zero-order valence-electron chi connectivity index (χ0n) is 14.8. The molecule has 1 aliphatic rings. The van der Waals surface area contributed by atoms with Crippen LogP contribution in [0.2, 0.25) is 5.02 Å². The fourth-order valence-electron chi connectivity index (χ4n) is 3.10. The van der Waals surface area contributed by atoms with Gasteiger partial charge in [0.1, 0.15) is 0 Å². The highest BCUT2D eigenvalue weighted by Crippen LogP contribution is 2.31. The molecule has 1 aliphatic heterocycles. The third kappa shape index (κ3) is 4.23. The maximum atomic E-state index is 12.9. The molecule has 2 aromatic carbocycles. The Morgan fingerprint density at radius 1 is 1.04 bits per heavy atom. The summed E-state index contributed by atoms with van der Waals surface area (Å²) in [7, 11) is -3.55. The van der Waals surface area contributed by atoms with Crippen LogP contribution in [0.5, 0.6) is 0 Å². The smallest absolute Gasteiger partial charge is 0.271 e. The Bertz CT molecular complexity index is 948. The van der Waals surface area contributed by atoms with Crippen LogP contribution >= 0.6 is 11.6 Å². The minimum atomic E-state index is -3.55. The first-order valence-corrected chi connectivity index (χ1v) is 10.4. The van der Waals surface area contributed by atoms with Crippen LogP contribution in [0.4, 0.5) is 11.4 Å². The Morgan fingerprint density at radius 2 is 1.74 bits per heavy atom. The van der Waals surface area contributed by atoms with Gasteiger partial charge in [0.25, 0.3) is 5.69 Å². The van der Waals surface area contributed by atoms with E-state index in [4.69, 9.17) is 11.6 Å². The van der Waals surface area contributed by atoms with Crippen molar-refractivity contribution in [3.63, 3.8) is 0 Å². The number of benzene rings is 2. The van der Waals surface area contributed by atoms with Crippen molar-refractivity contribution < 1.29 is 13.3 Å². The van der Waals surface area contributed by atoms with Crippen molar-refractivity contribution in [2.75, 3.05) is 31.1 Å². The fraction of sp³-hybridized carbons (Fsp3) is 0.333. The normalized spacial score (nSPS) is 16.1. The molecule has 7 nitrogen and oxygen atoms in total. The first kappa shape index (κ1) is 19.6. The Morgan fingerprint density at radius 3 is 2.37 bits per heavy atom. The summed E-state index contributed by atoms with van der Waals surface area (Å²) in [4.78, 5) is 12.6. The largest absolute Gasteiger partial charge is 0.369 e. The van der Waals surface area contributed by atoms with Gasteiger partial charge in [0.15, 0.2) is 0 Å². The number of aryl methyl sites for hydroxylation is 1. The molecule has 0 spiro atoms. The molecule has 1 heterocycles. The van der Waals surface area contributed by atoms with Gasteiger partial charge in [-0.15, -0.1) is 0 Å². The van der Waals surface area contributed by atoms with E-state index in [2.05, 4.69) is 0 Å². The SMILES string of the molecule is Cc1ccc(S(=O)(=O)N2CCCN(c3ccc([N+](=O)[O-])cc3Cl)CC2)cc1. The molecular formula is C18H20ClN3O4S. The van der Waals surface area contributed by atoms with Gasteiger partial charge in [-0.25, -0.2) is 8.42 Å². The van der Waals surface area contributed by atoms with Gasteiger partial charge in [0.05, 0.1) is 20.5 Å². The lowest BCUT2D eigenvalue weighted by atomic mass is 10.2. The van der Waals surface area contributed by atoms with Crippen LogP contribution in [-0.2, 0) is 10.0 Å². The maximum Gasteiger partial charge on any atom is 0.271 e. The van der Waals surface area contributed by atoms with Crippen molar-refractivity contribution >= 4 is 33.0 Å². The zero-order valence-corrected chi connectivity index (χ0v) is 16.4. The molecule has 3 rings (SSSR count). The van der Waals surface area contributed by atoms with Gasteiger partial charge in [0, 0.05) is 38.3 Å². The van der Waals surface area contributed by atoms with Gasteiger partial charge >= 0.3 is 0 Å².